The second-order valence-corrected chi connectivity index (χ2v) is 6.19. The first-order chi connectivity index (χ1) is 8.16. The SMILES string of the molecule is Cc1cccc(C(C)C2=CNC3SC3N2)c1C. The molecule has 17 heavy (non-hydrogen) atoms. The summed E-state index contributed by atoms with van der Waals surface area (Å²) in [6, 6.07) is 6.57. The van der Waals surface area contributed by atoms with Gasteiger partial charge in [-0.3, -0.25) is 0 Å². The van der Waals surface area contributed by atoms with Gasteiger partial charge < -0.3 is 10.6 Å². The Morgan fingerprint density at radius 2 is 2.06 bits per heavy atom. The molecule has 0 bridgehead atoms. The highest BCUT2D eigenvalue weighted by Crippen LogP contribution is 2.41. The zero-order chi connectivity index (χ0) is 12.0. The number of fused-ring (bicyclic) bond motifs is 1. The molecule has 0 amide bonds. The minimum Gasteiger partial charge on any atom is -0.375 e. The van der Waals surface area contributed by atoms with Crippen molar-refractivity contribution >= 4 is 11.8 Å². The molecule has 3 unspecified atom stereocenters. The summed E-state index contributed by atoms with van der Waals surface area (Å²) in [5.41, 5.74) is 5.52. The zero-order valence-corrected chi connectivity index (χ0v) is 11.3. The standard InChI is InChI=1S/C14H18N2S/c1-8-5-4-6-11(9(8)2)10(3)12-7-15-13-14(16-12)17-13/h4-7,10,13-16H,1-3H3. The lowest BCUT2D eigenvalue weighted by Gasteiger charge is -2.23. The van der Waals surface area contributed by atoms with Crippen LogP contribution in [0.15, 0.2) is 30.1 Å². The third-order valence-electron chi connectivity index (χ3n) is 3.78. The van der Waals surface area contributed by atoms with Crippen molar-refractivity contribution in [2.45, 2.75) is 37.4 Å². The first kappa shape index (κ1) is 11.0. The summed E-state index contributed by atoms with van der Waals surface area (Å²) in [5.74, 6) is 0.435. The molecule has 2 aliphatic rings. The lowest BCUT2D eigenvalue weighted by atomic mass is 9.91. The van der Waals surface area contributed by atoms with Crippen molar-refractivity contribution in [1.82, 2.24) is 10.6 Å². The Bertz CT molecular complexity index is 481. The van der Waals surface area contributed by atoms with Crippen LogP contribution in [0.5, 0.6) is 0 Å². The van der Waals surface area contributed by atoms with Gasteiger partial charge in [0.15, 0.2) is 0 Å². The van der Waals surface area contributed by atoms with Gasteiger partial charge in [-0.1, -0.05) is 25.1 Å². The Labute approximate surface area is 107 Å². The maximum atomic E-state index is 3.60. The monoisotopic (exact) mass is 246 g/mol. The number of rotatable bonds is 2. The molecule has 1 aromatic rings. The van der Waals surface area contributed by atoms with Crippen molar-refractivity contribution in [3.05, 3.63) is 46.8 Å². The van der Waals surface area contributed by atoms with Gasteiger partial charge in [0.05, 0.1) is 0 Å². The molecule has 0 saturated carbocycles. The number of allylic oxidation sites excluding steroid dienone is 1. The molecule has 0 aliphatic carbocycles. The van der Waals surface area contributed by atoms with Crippen LogP contribution in [0.3, 0.4) is 0 Å². The Morgan fingerprint density at radius 3 is 2.82 bits per heavy atom. The van der Waals surface area contributed by atoms with E-state index in [1.54, 1.807) is 0 Å². The van der Waals surface area contributed by atoms with Crippen LogP contribution < -0.4 is 10.6 Å². The maximum Gasteiger partial charge on any atom is 0.104 e. The van der Waals surface area contributed by atoms with E-state index in [4.69, 9.17) is 0 Å². The van der Waals surface area contributed by atoms with E-state index in [-0.39, 0.29) is 0 Å². The fourth-order valence-electron chi connectivity index (χ4n) is 2.39. The molecular weight excluding hydrogens is 228 g/mol. The third kappa shape index (κ3) is 1.93. The number of aryl methyl sites for hydroxylation is 1. The first-order valence-electron chi connectivity index (χ1n) is 6.11. The van der Waals surface area contributed by atoms with E-state index in [9.17, 15) is 0 Å². The fourth-order valence-corrected chi connectivity index (χ4v) is 3.11. The van der Waals surface area contributed by atoms with Gasteiger partial charge in [-0.2, -0.15) is 0 Å². The predicted octanol–water partition coefficient (Wildman–Crippen LogP) is 2.84. The topological polar surface area (TPSA) is 24.1 Å². The smallest absolute Gasteiger partial charge is 0.104 e. The van der Waals surface area contributed by atoms with E-state index in [0.29, 0.717) is 16.7 Å². The molecule has 1 saturated heterocycles. The maximum absolute atomic E-state index is 3.60. The zero-order valence-electron chi connectivity index (χ0n) is 10.4. The van der Waals surface area contributed by atoms with Crippen molar-refractivity contribution in [3.8, 4) is 0 Å². The van der Waals surface area contributed by atoms with Gasteiger partial charge in [-0.15, -0.1) is 11.8 Å². The van der Waals surface area contributed by atoms with Crippen LogP contribution in [0, 0.1) is 13.8 Å². The van der Waals surface area contributed by atoms with Crippen LogP contribution in [0.1, 0.15) is 29.5 Å². The van der Waals surface area contributed by atoms with Gasteiger partial charge in [0.2, 0.25) is 0 Å². The largest absolute Gasteiger partial charge is 0.375 e. The van der Waals surface area contributed by atoms with E-state index in [1.807, 2.05) is 11.8 Å². The number of benzene rings is 1. The van der Waals surface area contributed by atoms with Crippen LogP contribution in [0.4, 0.5) is 0 Å². The molecule has 90 valence electrons. The summed E-state index contributed by atoms with van der Waals surface area (Å²) >= 11 is 1.95. The first-order valence-corrected chi connectivity index (χ1v) is 7.05. The highest BCUT2D eigenvalue weighted by Gasteiger charge is 2.41. The average molecular weight is 246 g/mol. The van der Waals surface area contributed by atoms with E-state index < -0.39 is 0 Å². The Kier molecular flexibility index (Phi) is 2.58. The molecule has 3 atom stereocenters. The molecule has 3 heteroatoms. The van der Waals surface area contributed by atoms with Crippen molar-refractivity contribution in [3.63, 3.8) is 0 Å². The van der Waals surface area contributed by atoms with Gasteiger partial charge in [0.1, 0.15) is 10.7 Å². The molecule has 1 aromatic carbocycles. The van der Waals surface area contributed by atoms with Gasteiger partial charge in [0, 0.05) is 17.8 Å². The Hall–Kier alpha value is -1.09. The molecule has 2 aliphatic heterocycles. The van der Waals surface area contributed by atoms with Crippen molar-refractivity contribution < 1.29 is 0 Å². The minimum atomic E-state index is 0.435. The number of thioether (sulfide) groups is 1. The average Bonchev–Trinajstić information content (AvgIpc) is 3.10. The molecule has 0 radical (unpaired) electrons. The second kappa shape index (κ2) is 3.98. The summed E-state index contributed by atoms with van der Waals surface area (Å²) in [5, 5.41) is 8.21. The summed E-state index contributed by atoms with van der Waals surface area (Å²) < 4.78 is 0. The quantitative estimate of drug-likeness (QED) is 0.785. The van der Waals surface area contributed by atoms with Gasteiger partial charge >= 0.3 is 0 Å². The van der Waals surface area contributed by atoms with Crippen LogP contribution in [0.2, 0.25) is 0 Å². The van der Waals surface area contributed by atoms with E-state index in [1.165, 1.54) is 22.4 Å². The van der Waals surface area contributed by atoms with Crippen LogP contribution in [-0.4, -0.2) is 10.7 Å². The van der Waals surface area contributed by atoms with Gasteiger partial charge in [0.25, 0.3) is 0 Å². The van der Waals surface area contributed by atoms with E-state index >= 15 is 0 Å². The molecule has 3 rings (SSSR count). The van der Waals surface area contributed by atoms with Crippen LogP contribution >= 0.6 is 11.8 Å². The normalized spacial score (nSPS) is 27.4. The molecule has 1 fully saturated rings. The lowest BCUT2D eigenvalue weighted by Crippen LogP contribution is -2.33. The predicted molar refractivity (Wildman–Crippen MR) is 73.9 cm³/mol. The second-order valence-electron chi connectivity index (χ2n) is 4.90. The molecule has 0 aromatic heterocycles. The molecule has 0 spiro atoms. The summed E-state index contributed by atoms with van der Waals surface area (Å²) in [6.45, 7) is 6.67. The van der Waals surface area contributed by atoms with Crippen LogP contribution in [-0.2, 0) is 0 Å². The van der Waals surface area contributed by atoms with Crippen molar-refractivity contribution in [2.75, 3.05) is 0 Å². The summed E-state index contributed by atoms with van der Waals surface area (Å²) in [7, 11) is 0. The molecule has 2 N–H and O–H groups in total. The summed E-state index contributed by atoms with van der Waals surface area (Å²) in [4.78, 5) is 0. The minimum absolute atomic E-state index is 0.435. The highest BCUT2D eigenvalue weighted by atomic mass is 32.2. The van der Waals surface area contributed by atoms with Crippen LogP contribution in [0.25, 0.3) is 0 Å². The Morgan fingerprint density at radius 1 is 1.24 bits per heavy atom. The Balaban J connectivity index is 1.88. The van der Waals surface area contributed by atoms with Crippen molar-refractivity contribution in [2.24, 2.45) is 0 Å². The van der Waals surface area contributed by atoms with Crippen molar-refractivity contribution in [1.29, 1.82) is 0 Å². The third-order valence-corrected chi connectivity index (χ3v) is 4.85. The number of nitrogens with one attached hydrogen (secondary N) is 2. The molecule has 2 nitrogen and oxygen atoms in total. The molecule has 2 heterocycles. The molecular formula is C14H18N2S. The number of hydrogen-bond acceptors (Lipinski definition) is 3. The van der Waals surface area contributed by atoms with E-state index in [2.05, 4.69) is 55.8 Å². The fraction of sp³-hybridized carbons (Fsp3) is 0.429. The van der Waals surface area contributed by atoms with E-state index in [0.717, 1.165) is 0 Å². The van der Waals surface area contributed by atoms with Gasteiger partial charge in [-0.05, 0) is 30.5 Å². The summed E-state index contributed by atoms with van der Waals surface area (Å²) in [6.07, 6.45) is 2.15. The number of hydrogen-bond donors (Lipinski definition) is 2. The lowest BCUT2D eigenvalue weighted by molar-refractivity contribution is 0.627. The van der Waals surface area contributed by atoms with Gasteiger partial charge in [-0.25, -0.2) is 0 Å². The highest BCUT2D eigenvalue weighted by molar-refractivity contribution is 8.07.